The molecule has 21 heavy (non-hydrogen) atoms. The Morgan fingerprint density at radius 1 is 1.19 bits per heavy atom. The van der Waals surface area contributed by atoms with E-state index in [4.69, 9.17) is 4.74 Å². The zero-order chi connectivity index (χ0) is 15.2. The van der Waals surface area contributed by atoms with Crippen LogP contribution in [0.5, 0.6) is 11.5 Å². The first kappa shape index (κ1) is 15.3. The average molecular weight is 289 g/mol. The van der Waals surface area contributed by atoms with E-state index in [1.807, 2.05) is 13.8 Å². The lowest BCUT2D eigenvalue weighted by Crippen LogP contribution is -2.18. The van der Waals surface area contributed by atoms with Crippen LogP contribution in [-0.2, 0) is 6.61 Å². The van der Waals surface area contributed by atoms with Gasteiger partial charge < -0.3 is 15.2 Å². The van der Waals surface area contributed by atoms with Gasteiger partial charge in [-0.15, -0.1) is 0 Å². The summed E-state index contributed by atoms with van der Waals surface area (Å²) in [6, 6.07) is 11.4. The maximum atomic E-state index is 13.4. The van der Waals surface area contributed by atoms with E-state index >= 15 is 0 Å². The number of rotatable bonds is 6. The Labute approximate surface area is 124 Å². The smallest absolute Gasteiger partial charge is 0.124 e. The van der Waals surface area contributed by atoms with Crippen molar-refractivity contribution in [1.82, 2.24) is 5.32 Å². The van der Waals surface area contributed by atoms with Crippen molar-refractivity contribution in [2.75, 3.05) is 6.54 Å². The van der Waals surface area contributed by atoms with Crippen LogP contribution < -0.4 is 10.1 Å². The summed E-state index contributed by atoms with van der Waals surface area (Å²) in [4.78, 5) is 0. The lowest BCUT2D eigenvalue weighted by atomic mass is 10.1. The van der Waals surface area contributed by atoms with Crippen molar-refractivity contribution in [3.05, 3.63) is 59.4 Å². The number of phenols is 1. The summed E-state index contributed by atoms with van der Waals surface area (Å²) in [5.74, 6) is 0.617. The van der Waals surface area contributed by atoms with Gasteiger partial charge >= 0.3 is 0 Å². The molecule has 0 aliphatic carbocycles. The molecule has 0 spiro atoms. The van der Waals surface area contributed by atoms with Gasteiger partial charge in [-0.1, -0.05) is 19.1 Å². The van der Waals surface area contributed by atoms with Crippen LogP contribution in [0.1, 0.15) is 31.0 Å². The number of halogens is 1. The number of aromatic hydroxyl groups is 1. The third kappa shape index (κ3) is 4.20. The Bertz CT molecular complexity index is 584. The number of ether oxygens (including phenoxy) is 1. The Morgan fingerprint density at radius 2 is 1.90 bits per heavy atom. The molecule has 0 aromatic heterocycles. The first-order valence-corrected chi connectivity index (χ1v) is 7.03. The van der Waals surface area contributed by atoms with E-state index in [0.29, 0.717) is 12.4 Å². The van der Waals surface area contributed by atoms with E-state index < -0.39 is 0 Å². The van der Waals surface area contributed by atoms with Gasteiger partial charge in [0.1, 0.15) is 23.9 Å². The minimum Gasteiger partial charge on any atom is -0.508 e. The molecule has 0 bridgehead atoms. The monoisotopic (exact) mass is 289 g/mol. The molecule has 3 nitrogen and oxygen atoms in total. The SMILES string of the molecule is CCNC(C)c1cc(F)ccc1OCc1ccc(O)cc1. The average Bonchev–Trinajstić information content (AvgIpc) is 2.48. The molecule has 2 aromatic carbocycles. The summed E-state index contributed by atoms with van der Waals surface area (Å²) in [5, 5.41) is 12.5. The van der Waals surface area contributed by atoms with Crippen LogP contribution in [0.25, 0.3) is 0 Å². The molecule has 4 heteroatoms. The van der Waals surface area contributed by atoms with E-state index in [0.717, 1.165) is 17.7 Å². The van der Waals surface area contributed by atoms with Crippen molar-refractivity contribution in [3.8, 4) is 11.5 Å². The number of hydrogen-bond acceptors (Lipinski definition) is 3. The van der Waals surface area contributed by atoms with Crippen LogP contribution in [0, 0.1) is 5.82 Å². The standard InChI is InChI=1S/C17H20FNO2/c1-3-19-12(2)16-10-14(18)6-9-17(16)21-11-13-4-7-15(20)8-5-13/h4-10,12,19-20H,3,11H2,1-2H3. The lowest BCUT2D eigenvalue weighted by molar-refractivity contribution is 0.299. The lowest BCUT2D eigenvalue weighted by Gasteiger charge is -2.18. The third-order valence-electron chi connectivity index (χ3n) is 3.28. The molecule has 112 valence electrons. The second-order valence-corrected chi connectivity index (χ2v) is 4.92. The predicted molar refractivity (Wildman–Crippen MR) is 80.9 cm³/mol. The topological polar surface area (TPSA) is 41.5 Å². The van der Waals surface area contributed by atoms with E-state index in [1.165, 1.54) is 12.1 Å². The zero-order valence-electron chi connectivity index (χ0n) is 12.3. The maximum Gasteiger partial charge on any atom is 0.124 e. The van der Waals surface area contributed by atoms with Gasteiger partial charge in [-0.05, 0) is 49.4 Å². The maximum absolute atomic E-state index is 13.4. The highest BCUT2D eigenvalue weighted by molar-refractivity contribution is 5.36. The normalized spacial score (nSPS) is 12.1. The minimum atomic E-state index is -0.272. The van der Waals surface area contributed by atoms with E-state index in [-0.39, 0.29) is 17.6 Å². The van der Waals surface area contributed by atoms with Gasteiger partial charge in [0.2, 0.25) is 0 Å². The van der Waals surface area contributed by atoms with Gasteiger partial charge in [0, 0.05) is 11.6 Å². The van der Waals surface area contributed by atoms with Crippen LogP contribution in [-0.4, -0.2) is 11.7 Å². The summed E-state index contributed by atoms with van der Waals surface area (Å²) in [6.45, 7) is 5.16. The molecule has 0 aliphatic heterocycles. The number of phenolic OH excluding ortho intramolecular Hbond substituents is 1. The van der Waals surface area contributed by atoms with Crippen LogP contribution in [0.4, 0.5) is 4.39 Å². The summed E-state index contributed by atoms with van der Waals surface area (Å²) in [7, 11) is 0. The quantitative estimate of drug-likeness (QED) is 0.850. The largest absolute Gasteiger partial charge is 0.508 e. The number of nitrogens with one attached hydrogen (secondary N) is 1. The molecular formula is C17H20FNO2. The Morgan fingerprint density at radius 3 is 2.57 bits per heavy atom. The van der Waals surface area contributed by atoms with Crippen molar-refractivity contribution in [3.63, 3.8) is 0 Å². The molecule has 0 amide bonds. The first-order valence-electron chi connectivity index (χ1n) is 7.03. The fourth-order valence-electron chi connectivity index (χ4n) is 2.16. The third-order valence-corrected chi connectivity index (χ3v) is 3.28. The Hall–Kier alpha value is -2.07. The predicted octanol–water partition coefficient (Wildman–Crippen LogP) is 3.78. The van der Waals surface area contributed by atoms with Gasteiger partial charge in [-0.25, -0.2) is 4.39 Å². The van der Waals surface area contributed by atoms with Crippen molar-refractivity contribution < 1.29 is 14.2 Å². The highest BCUT2D eigenvalue weighted by Crippen LogP contribution is 2.27. The van der Waals surface area contributed by atoms with Crippen LogP contribution >= 0.6 is 0 Å². The molecule has 0 heterocycles. The van der Waals surface area contributed by atoms with Gasteiger partial charge in [0.15, 0.2) is 0 Å². The van der Waals surface area contributed by atoms with Gasteiger partial charge in [-0.3, -0.25) is 0 Å². The molecule has 0 saturated heterocycles. The summed E-state index contributed by atoms with van der Waals surface area (Å²) in [5.41, 5.74) is 1.75. The van der Waals surface area contributed by atoms with Gasteiger partial charge in [-0.2, -0.15) is 0 Å². The number of hydrogen-bond donors (Lipinski definition) is 2. The summed E-state index contributed by atoms with van der Waals surface area (Å²) >= 11 is 0. The molecule has 0 radical (unpaired) electrons. The van der Waals surface area contributed by atoms with Crippen LogP contribution in [0.15, 0.2) is 42.5 Å². The second kappa shape index (κ2) is 7.09. The molecule has 0 saturated carbocycles. The zero-order valence-corrected chi connectivity index (χ0v) is 12.3. The minimum absolute atomic E-state index is 0.0144. The highest BCUT2D eigenvalue weighted by atomic mass is 19.1. The Kier molecular flexibility index (Phi) is 5.17. The molecule has 0 fully saturated rings. The van der Waals surface area contributed by atoms with Gasteiger partial charge in [0.05, 0.1) is 0 Å². The number of benzene rings is 2. The molecular weight excluding hydrogens is 269 g/mol. The van der Waals surface area contributed by atoms with Crippen molar-refractivity contribution in [2.24, 2.45) is 0 Å². The molecule has 1 unspecified atom stereocenters. The van der Waals surface area contributed by atoms with E-state index in [2.05, 4.69) is 5.32 Å². The highest BCUT2D eigenvalue weighted by Gasteiger charge is 2.12. The van der Waals surface area contributed by atoms with Crippen molar-refractivity contribution in [1.29, 1.82) is 0 Å². The summed E-state index contributed by atoms with van der Waals surface area (Å²) < 4.78 is 19.2. The van der Waals surface area contributed by atoms with Crippen molar-refractivity contribution in [2.45, 2.75) is 26.5 Å². The van der Waals surface area contributed by atoms with E-state index in [1.54, 1.807) is 30.3 Å². The van der Waals surface area contributed by atoms with Crippen molar-refractivity contribution >= 4 is 0 Å². The Balaban J connectivity index is 2.13. The fraction of sp³-hybridized carbons (Fsp3) is 0.294. The molecule has 2 aromatic rings. The summed E-state index contributed by atoms with van der Waals surface area (Å²) in [6.07, 6.45) is 0. The van der Waals surface area contributed by atoms with Crippen LogP contribution in [0.2, 0.25) is 0 Å². The fourth-order valence-corrected chi connectivity index (χ4v) is 2.16. The first-order chi connectivity index (χ1) is 10.1. The van der Waals surface area contributed by atoms with Gasteiger partial charge in [0.25, 0.3) is 0 Å². The van der Waals surface area contributed by atoms with E-state index in [9.17, 15) is 9.50 Å². The second-order valence-electron chi connectivity index (χ2n) is 4.92. The molecule has 0 aliphatic rings. The van der Waals surface area contributed by atoms with Crippen LogP contribution in [0.3, 0.4) is 0 Å². The molecule has 2 N–H and O–H groups in total. The molecule has 2 rings (SSSR count). The molecule has 1 atom stereocenters.